The van der Waals surface area contributed by atoms with E-state index in [1.807, 2.05) is 0 Å². The quantitative estimate of drug-likeness (QED) is 0.521. The Balaban J connectivity index is 1.51. The number of amides is 1. The first-order valence-corrected chi connectivity index (χ1v) is 10.7. The van der Waals surface area contributed by atoms with Crippen molar-refractivity contribution < 1.29 is 27.4 Å². The number of anilines is 1. The lowest BCUT2D eigenvalue weighted by Gasteiger charge is -2.19. The van der Waals surface area contributed by atoms with Gasteiger partial charge in [-0.2, -0.15) is 13.2 Å². The molecule has 4 rings (SSSR count). The van der Waals surface area contributed by atoms with Gasteiger partial charge in [0.15, 0.2) is 16.7 Å². The second-order valence-corrected chi connectivity index (χ2v) is 8.41. The van der Waals surface area contributed by atoms with E-state index in [1.165, 1.54) is 6.20 Å². The minimum absolute atomic E-state index is 0.117. The van der Waals surface area contributed by atoms with E-state index in [1.54, 1.807) is 55.5 Å². The zero-order valence-corrected chi connectivity index (χ0v) is 17.9. The summed E-state index contributed by atoms with van der Waals surface area (Å²) in [6.45, 7) is 1.30. The molecule has 6 nitrogen and oxygen atoms in total. The first kappa shape index (κ1) is 22.1. The van der Waals surface area contributed by atoms with E-state index >= 15 is 0 Å². The van der Waals surface area contributed by atoms with Gasteiger partial charge in [0, 0.05) is 11.8 Å². The first-order chi connectivity index (χ1) is 15.3. The Morgan fingerprint density at radius 3 is 2.59 bits per heavy atom. The molecular weight excluding hydrogens is 443 g/mol. The summed E-state index contributed by atoms with van der Waals surface area (Å²) in [5.41, 5.74) is 1.46. The molecule has 1 aliphatic heterocycles. The largest absolute Gasteiger partial charge is 0.486 e. The number of halogens is 3. The summed E-state index contributed by atoms with van der Waals surface area (Å²) in [6, 6.07) is 13.8. The molecule has 1 unspecified atom stereocenters. The highest BCUT2D eigenvalue weighted by Crippen LogP contribution is 2.34. The zero-order valence-electron chi connectivity index (χ0n) is 17.1. The molecule has 0 radical (unpaired) electrons. The fraction of sp³-hybridized carbons (Fsp3) is 0.273. The maximum atomic E-state index is 13.3. The van der Waals surface area contributed by atoms with Gasteiger partial charge in [0.25, 0.3) is 0 Å². The second kappa shape index (κ2) is 9.15. The number of thioether (sulfide) groups is 1. The van der Waals surface area contributed by atoms with Crippen LogP contribution in [-0.2, 0) is 11.3 Å². The maximum absolute atomic E-state index is 13.3. The van der Waals surface area contributed by atoms with Crippen molar-refractivity contribution in [1.82, 2.24) is 9.55 Å². The molecule has 0 bridgehead atoms. The monoisotopic (exact) mass is 463 g/mol. The van der Waals surface area contributed by atoms with Crippen LogP contribution >= 0.6 is 11.8 Å². The van der Waals surface area contributed by atoms with Crippen molar-refractivity contribution in [3.63, 3.8) is 0 Å². The zero-order chi connectivity index (χ0) is 22.7. The molecule has 1 atom stereocenters. The van der Waals surface area contributed by atoms with Crippen molar-refractivity contribution in [2.24, 2.45) is 0 Å². The minimum Gasteiger partial charge on any atom is -0.486 e. The number of carbonyl (C=O) groups is 1. The van der Waals surface area contributed by atoms with Gasteiger partial charge >= 0.3 is 6.18 Å². The van der Waals surface area contributed by atoms with Gasteiger partial charge in [-0.1, -0.05) is 42.1 Å². The molecule has 0 aliphatic carbocycles. The molecule has 0 fully saturated rings. The average molecular weight is 463 g/mol. The SMILES string of the molecule is CC(Sc1ncc(-c2ccccc2)n1CC(F)(F)F)C(=O)Nc1ccc2c(c1)OCCO2. The van der Waals surface area contributed by atoms with Crippen LogP contribution in [0, 0.1) is 0 Å². The lowest BCUT2D eigenvalue weighted by atomic mass is 10.2. The van der Waals surface area contributed by atoms with Gasteiger partial charge < -0.3 is 19.4 Å². The highest BCUT2D eigenvalue weighted by atomic mass is 32.2. The molecule has 2 aromatic carbocycles. The van der Waals surface area contributed by atoms with Crippen LogP contribution in [0.1, 0.15) is 6.92 Å². The number of hydrogen-bond donors (Lipinski definition) is 1. The Morgan fingerprint density at radius 1 is 1.16 bits per heavy atom. The number of fused-ring (bicyclic) bond motifs is 1. The fourth-order valence-corrected chi connectivity index (χ4v) is 4.09. The summed E-state index contributed by atoms with van der Waals surface area (Å²) in [5.74, 6) is 0.761. The summed E-state index contributed by atoms with van der Waals surface area (Å²) in [6.07, 6.45) is -3.04. The number of alkyl halides is 3. The van der Waals surface area contributed by atoms with Crippen LogP contribution in [-0.4, -0.2) is 40.1 Å². The Kier molecular flexibility index (Phi) is 6.31. The Labute approximate surface area is 186 Å². The lowest BCUT2D eigenvalue weighted by molar-refractivity contribution is -0.141. The molecule has 3 aromatic rings. The van der Waals surface area contributed by atoms with Gasteiger partial charge in [0.1, 0.15) is 19.8 Å². The highest BCUT2D eigenvalue weighted by molar-refractivity contribution is 8.00. The average Bonchev–Trinajstić information content (AvgIpc) is 3.14. The molecule has 1 aromatic heterocycles. The second-order valence-electron chi connectivity index (χ2n) is 7.10. The van der Waals surface area contributed by atoms with E-state index in [0.29, 0.717) is 41.7 Å². The number of rotatable bonds is 6. The van der Waals surface area contributed by atoms with Crippen LogP contribution in [0.3, 0.4) is 0 Å². The molecule has 32 heavy (non-hydrogen) atoms. The van der Waals surface area contributed by atoms with Crippen LogP contribution in [0.15, 0.2) is 59.9 Å². The maximum Gasteiger partial charge on any atom is 0.406 e. The predicted molar refractivity (Wildman–Crippen MR) is 115 cm³/mol. The van der Waals surface area contributed by atoms with Gasteiger partial charge in [-0.05, 0) is 24.6 Å². The van der Waals surface area contributed by atoms with Gasteiger partial charge in [0.05, 0.1) is 17.1 Å². The van der Waals surface area contributed by atoms with E-state index in [2.05, 4.69) is 10.3 Å². The molecule has 10 heteroatoms. The molecule has 2 heterocycles. The summed E-state index contributed by atoms with van der Waals surface area (Å²) in [4.78, 5) is 16.9. The summed E-state index contributed by atoms with van der Waals surface area (Å²) < 4.78 is 51.8. The number of aromatic nitrogens is 2. The minimum atomic E-state index is -4.43. The van der Waals surface area contributed by atoms with Crippen LogP contribution < -0.4 is 14.8 Å². The number of nitrogens with one attached hydrogen (secondary N) is 1. The van der Waals surface area contributed by atoms with Crippen molar-refractivity contribution in [3.8, 4) is 22.8 Å². The van der Waals surface area contributed by atoms with Gasteiger partial charge in [-0.15, -0.1) is 0 Å². The first-order valence-electron chi connectivity index (χ1n) is 9.85. The molecule has 1 N–H and O–H groups in total. The van der Waals surface area contributed by atoms with Crippen LogP contribution in [0.4, 0.5) is 18.9 Å². The smallest absolute Gasteiger partial charge is 0.406 e. The van der Waals surface area contributed by atoms with Gasteiger partial charge in [-0.3, -0.25) is 4.79 Å². The number of imidazole rings is 1. The molecule has 0 saturated carbocycles. The molecule has 0 spiro atoms. The highest BCUT2D eigenvalue weighted by Gasteiger charge is 2.31. The molecule has 1 aliphatic rings. The van der Waals surface area contributed by atoms with E-state index in [0.717, 1.165) is 16.3 Å². The fourth-order valence-electron chi connectivity index (χ4n) is 3.20. The third-order valence-electron chi connectivity index (χ3n) is 4.69. The van der Waals surface area contributed by atoms with E-state index in [4.69, 9.17) is 9.47 Å². The van der Waals surface area contributed by atoms with E-state index in [9.17, 15) is 18.0 Å². The van der Waals surface area contributed by atoms with Crippen molar-refractivity contribution >= 4 is 23.4 Å². The Hall–Kier alpha value is -3.14. The molecule has 168 valence electrons. The molecular formula is C22H20F3N3O3S. The molecule has 0 saturated heterocycles. The van der Waals surface area contributed by atoms with Crippen LogP contribution in [0.2, 0.25) is 0 Å². The van der Waals surface area contributed by atoms with Crippen molar-refractivity contribution in [2.75, 3.05) is 18.5 Å². The van der Waals surface area contributed by atoms with E-state index in [-0.39, 0.29) is 11.1 Å². The van der Waals surface area contributed by atoms with Crippen molar-refractivity contribution in [3.05, 3.63) is 54.7 Å². The summed E-state index contributed by atoms with van der Waals surface area (Å²) >= 11 is 0.966. The Bertz CT molecular complexity index is 1100. The standard InChI is InChI=1S/C22H20F3N3O3S/c1-14(20(29)27-16-7-8-18-19(11-16)31-10-9-30-18)32-21-26-12-17(15-5-3-2-4-6-15)28(21)13-22(23,24)25/h2-8,11-12,14H,9-10,13H2,1H3,(H,27,29). The lowest BCUT2D eigenvalue weighted by Crippen LogP contribution is -2.24. The number of benzene rings is 2. The van der Waals surface area contributed by atoms with Crippen molar-refractivity contribution in [1.29, 1.82) is 0 Å². The van der Waals surface area contributed by atoms with E-state index < -0.39 is 18.0 Å². The topological polar surface area (TPSA) is 65.4 Å². The Morgan fingerprint density at radius 2 is 1.88 bits per heavy atom. The summed E-state index contributed by atoms with van der Waals surface area (Å²) in [5, 5.41) is 2.19. The number of ether oxygens (including phenoxy) is 2. The van der Waals surface area contributed by atoms with Gasteiger partial charge in [-0.25, -0.2) is 4.98 Å². The number of hydrogen-bond acceptors (Lipinski definition) is 5. The van der Waals surface area contributed by atoms with Crippen LogP contribution in [0.5, 0.6) is 11.5 Å². The van der Waals surface area contributed by atoms with Crippen LogP contribution in [0.25, 0.3) is 11.3 Å². The third-order valence-corrected chi connectivity index (χ3v) is 5.79. The number of nitrogens with zero attached hydrogens (tertiary/aromatic N) is 2. The summed E-state index contributed by atoms with van der Waals surface area (Å²) in [7, 11) is 0. The van der Waals surface area contributed by atoms with Crippen molar-refractivity contribution in [2.45, 2.75) is 30.1 Å². The molecule has 1 amide bonds. The normalized spacial score (nSPS) is 14.1. The van der Waals surface area contributed by atoms with Gasteiger partial charge in [0.2, 0.25) is 5.91 Å². The predicted octanol–water partition coefficient (Wildman–Crippen LogP) is 5.00. The number of carbonyl (C=O) groups excluding carboxylic acids is 1. The third kappa shape index (κ3) is 5.18.